The van der Waals surface area contributed by atoms with E-state index in [0.29, 0.717) is 19.5 Å². The Hall–Kier alpha value is -2.75. The Morgan fingerprint density at radius 2 is 1.97 bits per heavy atom. The van der Waals surface area contributed by atoms with Gasteiger partial charge in [-0.2, -0.15) is 0 Å². The Morgan fingerprint density at radius 1 is 1.31 bits per heavy atom. The van der Waals surface area contributed by atoms with Crippen molar-refractivity contribution in [1.82, 2.24) is 4.57 Å². The summed E-state index contributed by atoms with van der Waals surface area (Å²) in [6.07, 6.45) is 1.11. The number of aromatic nitrogens is 1. The molecule has 29 heavy (non-hydrogen) atoms. The number of carboxylic acid groups (broad SMARTS) is 1. The fourth-order valence-electron chi connectivity index (χ4n) is 4.62. The first-order valence-corrected chi connectivity index (χ1v) is 9.39. The number of carboxylic acids is 1. The van der Waals surface area contributed by atoms with Crippen LogP contribution in [-0.2, 0) is 0 Å². The summed E-state index contributed by atoms with van der Waals surface area (Å²) in [6.45, 7) is 0.735. The van der Waals surface area contributed by atoms with Gasteiger partial charge in [-0.05, 0) is 12.8 Å². The van der Waals surface area contributed by atoms with Crippen LogP contribution in [0.15, 0.2) is 11.0 Å². The van der Waals surface area contributed by atoms with E-state index in [0.717, 1.165) is 17.2 Å². The highest BCUT2D eigenvalue weighted by Crippen LogP contribution is 2.53. The monoisotopic (exact) mass is 408 g/mol. The Kier molecular flexibility index (Phi) is 3.57. The fraction of sp³-hybridized carbons (Fsp3) is 0.474. The predicted molar refractivity (Wildman–Crippen MR) is 99.9 cm³/mol. The van der Waals surface area contributed by atoms with Crippen LogP contribution in [0.4, 0.5) is 24.5 Å². The van der Waals surface area contributed by atoms with Crippen molar-refractivity contribution in [2.75, 3.05) is 23.7 Å². The summed E-state index contributed by atoms with van der Waals surface area (Å²) in [5.41, 5.74) is 8.50. The molecule has 1 aromatic carbocycles. The maximum atomic E-state index is 15.6. The topological polar surface area (TPSA) is 115 Å². The summed E-state index contributed by atoms with van der Waals surface area (Å²) in [5.74, 6) is -3.72. The van der Waals surface area contributed by atoms with Crippen molar-refractivity contribution in [3.63, 3.8) is 0 Å². The minimum atomic E-state index is -1.57. The molecule has 4 unspecified atom stereocenters. The van der Waals surface area contributed by atoms with Gasteiger partial charge in [0, 0.05) is 37.2 Å². The molecule has 1 aliphatic heterocycles. The van der Waals surface area contributed by atoms with E-state index in [1.807, 2.05) is 0 Å². The third-order valence-corrected chi connectivity index (χ3v) is 6.59. The first-order chi connectivity index (χ1) is 13.7. The van der Waals surface area contributed by atoms with E-state index in [9.17, 15) is 19.1 Å². The van der Waals surface area contributed by atoms with E-state index >= 15 is 8.78 Å². The van der Waals surface area contributed by atoms with Crippen molar-refractivity contribution in [1.29, 1.82) is 0 Å². The molecule has 4 atom stereocenters. The van der Waals surface area contributed by atoms with Crippen LogP contribution in [0.3, 0.4) is 0 Å². The van der Waals surface area contributed by atoms with Crippen LogP contribution in [0, 0.1) is 17.0 Å². The summed E-state index contributed by atoms with van der Waals surface area (Å²) in [4.78, 5) is 25.6. The molecule has 1 saturated heterocycles. The average Bonchev–Trinajstić information content (AvgIpc) is 3.47. The second-order valence-corrected chi connectivity index (χ2v) is 8.36. The smallest absolute Gasteiger partial charge is 0.341 e. The molecule has 0 amide bonds. The zero-order valence-electron chi connectivity index (χ0n) is 15.3. The molecular formula is C19H19F3N4O3. The number of pyridine rings is 1. The number of hydrogen-bond acceptors (Lipinski definition) is 5. The maximum absolute atomic E-state index is 15.6. The zero-order chi connectivity index (χ0) is 20.8. The standard InChI is InChI=1S/C19H19F3N4O3/c20-8-3-9(8)26-5-7(18(28)29)17(27)11-14(24)12(21)16(13(22)15(11)26)25-2-1-19(6-25)4-10(19)23/h5,8-10H,1-4,6,23-24H2,(H,28,29). The molecule has 154 valence electrons. The maximum Gasteiger partial charge on any atom is 0.341 e. The van der Waals surface area contributed by atoms with Gasteiger partial charge in [0.1, 0.15) is 17.4 Å². The van der Waals surface area contributed by atoms with Gasteiger partial charge >= 0.3 is 5.97 Å². The molecule has 2 aromatic rings. The van der Waals surface area contributed by atoms with E-state index in [2.05, 4.69) is 0 Å². The number of rotatable bonds is 3. The van der Waals surface area contributed by atoms with Crippen molar-refractivity contribution in [3.05, 3.63) is 33.6 Å². The molecule has 10 heteroatoms. The number of hydrogen-bond donors (Lipinski definition) is 3. The van der Waals surface area contributed by atoms with Gasteiger partial charge in [-0.1, -0.05) is 0 Å². The number of fused-ring (bicyclic) bond motifs is 1. The summed E-state index contributed by atoms with van der Waals surface area (Å²) >= 11 is 0. The van der Waals surface area contributed by atoms with Crippen LogP contribution in [0.1, 0.15) is 35.7 Å². The summed E-state index contributed by atoms with van der Waals surface area (Å²) in [5, 5.41) is 8.74. The Bertz CT molecular complexity index is 1150. The Morgan fingerprint density at radius 3 is 2.48 bits per heavy atom. The molecule has 3 fully saturated rings. The van der Waals surface area contributed by atoms with E-state index in [-0.39, 0.29) is 29.1 Å². The van der Waals surface area contributed by atoms with Gasteiger partial charge < -0.3 is 26.0 Å². The largest absolute Gasteiger partial charge is 0.477 e. The van der Waals surface area contributed by atoms with Crippen molar-refractivity contribution in [3.8, 4) is 0 Å². The van der Waals surface area contributed by atoms with Crippen LogP contribution in [-0.4, -0.2) is 40.9 Å². The summed E-state index contributed by atoms with van der Waals surface area (Å²) < 4.78 is 45.6. The van der Waals surface area contributed by atoms with Crippen LogP contribution in [0.5, 0.6) is 0 Å². The van der Waals surface area contributed by atoms with E-state index < -0.39 is 51.9 Å². The zero-order valence-corrected chi connectivity index (χ0v) is 15.3. The molecule has 0 bridgehead atoms. The SMILES string of the molecule is Nc1c(F)c(N2CCC3(CC3N)C2)c(F)c2c1c(=O)c(C(=O)O)cn2C1CC1F. The quantitative estimate of drug-likeness (QED) is 0.667. The summed E-state index contributed by atoms with van der Waals surface area (Å²) in [6, 6.07) is -0.850. The van der Waals surface area contributed by atoms with Crippen LogP contribution < -0.4 is 21.8 Å². The minimum Gasteiger partial charge on any atom is -0.477 e. The molecule has 1 spiro atoms. The second-order valence-electron chi connectivity index (χ2n) is 8.36. The fourth-order valence-corrected chi connectivity index (χ4v) is 4.62. The van der Waals surface area contributed by atoms with Gasteiger partial charge in [0.15, 0.2) is 11.6 Å². The molecule has 3 aliphatic rings. The molecule has 2 saturated carbocycles. The first kappa shape index (κ1) is 18.3. The number of benzene rings is 1. The molecule has 5 rings (SSSR count). The van der Waals surface area contributed by atoms with E-state index in [1.54, 1.807) is 0 Å². The van der Waals surface area contributed by atoms with Crippen molar-refractivity contribution in [2.45, 2.75) is 37.5 Å². The molecule has 7 nitrogen and oxygen atoms in total. The number of anilines is 2. The number of nitrogens with two attached hydrogens (primary N) is 2. The minimum absolute atomic E-state index is 0.0218. The normalized spacial score (nSPS) is 30.3. The Balaban J connectivity index is 1.78. The van der Waals surface area contributed by atoms with E-state index in [1.165, 1.54) is 4.90 Å². The third kappa shape index (κ3) is 2.41. The van der Waals surface area contributed by atoms with Gasteiger partial charge in [-0.25, -0.2) is 18.0 Å². The molecular weight excluding hydrogens is 389 g/mol. The van der Waals surface area contributed by atoms with Crippen molar-refractivity contribution < 1.29 is 23.1 Å². The highest BCUT2D eigenvalue weighted by molar-refractivity contribution is 5.99. The van der Waals surface area contributed by atoms with Crippen LogP contribution in [0.2, 0.25) is 0 Å². The van der Waals surface area contributed by atoms with Gasteiger partial charge in [-0.15, -0.1) is 0 Å². The highest BCUT2D eigenvalue weighted by Gasteiger charge is 2.56. The number of carbonyl (C=O) groups is 1. The number of aromatic carboxylic acids is 1. The molecule has 0 radical (unpaired) electrons. The first-order valence-electron chi connectivity index (χ1n) is 9.39. The number of alkyl halides is 1. The van der Waals surface area contributed by atoms with Crippen LogP contribution in [0.25, 0.3) is 10.9 Å². The van der Waals surface area contributed by atoms with Gasteiger partial charge in [0.2, 0.25) is 5.43 Å². The van der Waals surface area contributed by atoms with Gasteiger partial charge in [0.25, 0.3) is 0 Å². The average molecular weight is 408 g/mol. The summed E-state index contributed by atoms with van der Waals surface area (Å²) in [7, 11) is 0. The number of nitrogen functional groups attached to an aromatic ring is 1. The van der Waals surface area contributed by atoms with Crippen molar-refractivity contribution >= 4 is 28.2 Å². The molecule has 2 heterocycles. The molecule has 5 N–H and O–H groups in total. The lowest BCUT2D eigenvalue weighted by Gasteiger charge is -2.23. The Labute approximate surface area is 162 Å². The predicted octanol–water partition coefficient (Wildman–Crippen LogP) is 1.77. The second kappa shape index (κ2) is 5.65. The van der Waals surface area contributed by atoms with Gasteiger partial charge in [-0.3, -0.25) is 4.79 Å². The number of halogens is 3. The molecule has 1 aromatic heterocycles. The van der Waals surface area contributed by atoms with Crippen molar-refractivity contribution in [2.24, 2.45) is 11.1 Å². The lowest BCUT2D eigenvalue weighted by atomic mass is 10.1. The molecule has 2 aliphatic carbocycles. The third-order valence-electron chi connectivity index (χ3n) is 6.59. The number of nitrogens with zero attached hydrogens (tertiary/aromatic N) is 2. The lowest BCUT2D eigenvalue weighted by molar-refractivity contribution is 0.0694. The highest BCUT2D eigenvalue weighted by atomic mass is 19.1. The van der Waals surface area contributed by atoms with Gasteiger partial charge in [0.05, 0.1) is 22.6 Å². The van der Waals surface area contributed by atoms with Crippen LogP contribution >= 0.6 is 0 Å². The lowest BCUT2D eigenvalue weighted by Crippen LogP contribution is -2.27. The van der Waals surface area contributed by atoms with E-state index in [4.69, 9.17) is 11.5 Å².